The van der Waals surface area contributed by atoms with Crippen LogP contribution in [-0.2, 0) is 11.3 Å². The molecule has 2 amide bonds. The normalized spacial score (nSPS) is 19.1. The molecule has 1 atom stereocenters. The van der Waals surface area contributed by atoms with Crippen LogP contribution in [0.3, 0.4) is 0 Å². The van der Waals surface area contributed by atoms with Crippen molar-refractivity contribution in [2.24, 2.45) is 0 Å². The minimum atomic E-state index is 0.109. The minimum absolute atomic E-state index is 0.109. The monoisotopic (exact) mass is 391 g/mol. The Hall–Kier alpha value is -2.82. The quantitative estimate of drug-likeness (QED) is 0.756. The summed E-state index contributed by atoms with van der Waals surface area (Å²) in [6, 6.07) is 18.3. The molecule has 2 saturated heterocycles. The molecular weight excluding hydrogens is 362 g/mol. The summed E-state index contributed by atoms with van der Waals surface area (Å²) in [4.78, 5) is 31.1. The molecule has 2 fully saturated rings. The van der Waals surface area contributed by atoms with E-state index in [0.717, 1.165) is 50.0 Å². The number of benzene rings is 2. The molecule has 0 unspecified atom stereocenters. The number of likely N-dealkylation sites (N-methyl/N-ethyl adjacent to an activating group) is 1. The van der Waals surface area contributed by atoms with Crippen LogP contribution >= 0.6 is 0 Å². The van der Waals surface area contributed by atoms with Gasteiger partial charge in [-0.25, -0.2) is 0 Å². The first-order valence-electron chi connectivity index (χ1n) is 10.6. The highest BCUT2D eigenvalue weighted by Gasteiger charge is 2.30. The van der Waals surface area contributed by atoms with Crippen molar-refractivity contribution in [3.8, 4) is 0 Å². The Kier molecular flexibility index (Phi) is 5.84. The van der Waals surface area contributed by atoms with Gasteiger partial charge in [-0.15, -0.1) is 0 Å². The van der Waals surface area contributed by atoms with E-state index in [9.17, 15) is 9.59 Å². The molecule has 152 valence electrons. The second-order valence-corrected chi connectivity index (χ2v) is 8.13. The van der Waals surface area contributed by atoms with Crippen LogP contribution in [-0.4, -0.2) is 54.3 Å². The number of amides is 2. The number of anilines is 1. The summed E-state index contributed by atoms with van der Waals surface area (Å²) < 4.78 is 0. The zero-order valence-corrected chi connectivity index (χ0v) is 17.1. The van der Waals surface area contributed by atoms with Crippen molar-refractivity contribution in [1.82, 2.24) is 9.80 Å². The van der Waals surface area contributed by atoms with Crippen molar-refractivity contribution in [2.75, 3.05) is 31.6 Å². The fraction of sp³-hybridized carbons (Fsp3) is 0.417. The Morgan fingerprint density at radius 3 is 2.48 bits per heavy atom. The van der Waals surface area contributed by atoms with Crippen LogP contribution in [0.1, 0.15) is 41.6 Å². The summed E-state index contributed by atoms with van der Waals surface area (Å²) in [7, 11) is 2.09. The maximum Gasteiger partial charge on any atom is 0.254 e. The van der Waals surface area contributed by atoms with E-state index >= 15 is 0 Å². The molecule has 5 nitrogen and oxygen atoms in total. The van der Waals surface area contributed by atoms with Gasteiger partial charge in [-0.1, -0.05) is 30.3 Å². The summed E-state index contributed by atoms with van der Waals surface area (Å²) in [5, 5.41) is 0. The standard InChI is InChI=1S/C24H29N3O2/c1-25(21-7-3-2-4-8-21)18-22-9-5-16-27(22)24(29)20-13-11-19(12-14-20)17-26-15-6-10-23(26)28/h2-4,7-8,11-14,22H,5-6,9-10,15-18H2,1H3/t22-/m0/s1. The molecule has 2 aliphatic heterocycles. The van der Waals surface area contributed by atoms with E-state index in [0.29, 0.717) is 13.0 Å². The number of nitrogens with zero attached hydrogens (tertiary/aromatic N) is 3. The first-order chi connectivity index (χ1) is 14.1. The third kappa shape index (κ3) is 4.44. The highest BCUT2D eigenvalue weighted by atomic mass is 16.2. The molecule has 0 N–H and O–H groups in total. The average Bonchev–Trinajstić information content (AvgIpc) is 3.38. The van der Waals surface area contributed by atoms with Crippen molar-refractivity contribution in [1.29, 1.82) is 0 Å². The molecule has 0 spiro atoms. The molecular formula is C24H29N3O2. The number of hydrogen-bond donors (Lipinski definition) is 0. The Labute approximate surface area is 172 Å². The van der Waals surface area contributed by atoms with E-state index in [1.54, 1.807) is 0 Å². The molecule has 2 aliphatic rings. The topological polar surface area (TPSA) is 43.9 Å². The van der Waals surface area contributed by atoms with Gasteiger partial charge >= 0.3 is 0 Å². The molecule has 0 saturated carbocycles. The number of carbonyl (C=O) groups excluding carboxylic acids is 2. The van der Waals surface area contributed by atoms with Gasteiger partial charge in [0.2, 0.25) is 5.91 Å². The van der Waals surface area contributed by atoms with Crippen LogP contribution in [0.4, 0.5) is 5.69 Å². The number of rotatable bonds is 6. The zero-order chi connectivity index (χ0) is 20.2. The fourth-order valence-corrected chi connectivity index (χ4v) is 4.41. The van der Waals surface area contributed by atoms with Gasteiger partial charge in [0.05, 0.1) is 0 Å². The second-order valence-electron chi connectivity index (χ2n) is 8.13. The lowest BCUT2D eigenvalue weighted by Crippen LogP contribution is -2.42. The molecule has 0 aliphatic carbocycles. The SMILES string of the molecule is CN(C[C@@H]1CCCN1C(=O)c1ccc(CN2CCCC2=O)cc1)c1ccccc1. The molecule has 2 aromatic carbocycles. The predicted octanol–water partition coefficient (Wildman–Crippen LogP) is 3.55. The van der Waals surface area contributed by atoms with Crippen molar-refractivity contribution < 1.29 is 9.59 Å². The molecule has 4 rings (SSSR count). The van der Waals surface area contributed by atoms with Crippen molar-refractivity contribution >= 4 is 17.5 Å². The largest absolute Gasteiger partial charge is 0.373 e. The smallest absolute Gasteiger partial charge is 0.254 e. The first-order valence-corrected chi connectivity index (χ1v) is 10.6. The fourth-order valence-electron chi connectivity index (χ4n) is 4.41. The van der Waals surface area contributed by atoms with Crippen molar-refractivity contribution in [3.63, 3.8) is 0 Å². The van der Waals surface area contributed by atoms with E-state index in [4.69, 9.17) is 0 Å². The summed E-state index contributed by atoms with van der Waals surface area (Å²) in [6.45, 7) is 3.13. The number of carbonyl (C=O) groups is 2. The maximum absolute atomic E-state index is 13.1. The summed E-state index contributed by atoms with van der Waals surface area (Å²) in [5.74, 6) is 0.338. The lowest BCUT2D eigenvalue weighted by Gasteiger charge is -2.30. The molecule has 0 aromatic heterocycles. The van der Waals surface area contributed by atoms with E-state index < -0.39 is 0 Å². The van der Waals surface area contributed by atoms with Crippen LogP contribution in [0.15, 0.2) is 54.6 Å². The van der Waals surface area contributed by atoms with Crippen LogP contribution in [0.5, 0.6) is 0 Å². The van der Waals surface area contributed by atoms with E-state index in [1.165, 1.54) is 5.69 Å². The summed E-state index contributed by atoms with van der Waals surface area (Å²) in [6.07, 6.45) is 3.69. The molecule has 0 bridgehead atoms. The van der Waals surface area contributed by atoms with Gasteiger partial charge in [0, 0.05) is 56.9 Å². The lowest BCUT2D eigenvalue weighted by molar-refractivity contribution is -0.128. The molecule has 5 heteroatoms. The van der Waals surface area contributed by atoms with Gasteiger partial charge in [0.1, 0.15) is 0 Å². The molecule has 0 radical (unpaired) electrons. The summed E-state index contributed by atoms with van der Waals surface area (Å²) in [5.41, 5.74) is 2.99. The Morgan fingerprint density at radius 1 is 1.03 bits per heavy atom. The zero-order valence-electron chi connectivity index (χ0n) is 17.1. The van der Waals surface area contributed by atoms with Crippen molar-refractivity contribution in [2.45, 2.75) is 38.3 Å². The Balaban J connectivity index is 1.39. The third-order valence-electron chi connectivity index (χ3n) is 6.07. The highest BCUT2D eigenvalue weighted by Crippen LogP contribution is 2.23. The van der Waals surface area contributed by atoms with E-state index in [-0.39, 0.29) is 17.9 Å². The minimum Gasteiger partial charge on any atom is -0.373 e. The number of para-hydroxylation sites is 1. The van der Waals surface area contributed by atoms with Crippen LogP contribution in [0.2, 0.25) is 0 Å². The lowest BCUT2D eigenvalue weighted by atomic mass is 10.1. The Bertz CT molecular complexity index is 850. The average molecular weight is 392 g/mol. The van der Waals surface area contributed by atoms with Gasteiger partial charge < -0.3 is 14.7 Å². The van der Waals surface area contributed by atoms with Crippen LogP contribution in [0.25, 0.3) is 0 Å². The van der Waals surface area contributed by atoms with E-state index in [1.807, 2.05) is 52.3 Å². The number of likely N-dealkylation sites (tertiary alicyclic amines) is 2. The Morgan fingerprint density at radius 2 is 1.79 bits per heavy atom. The van der Waals surface area contributed by atoms with Crippen LogP contribution < -0.4 is 4.90 Å². The third-order valence-corrected chi connectivity index (χ3v) is 6.07. The van der Waals surface area contributed by atoms with Gasteiger partial charge in [0.15, 0.2) is 0 Å². The molecule has 29 heavy (non-hydrogen) atoms. The molecule has 2 aromatic rings. The maximum atomic E-state index is 13.1. The number of hydrogen-bond acceptors (Lipinski definition) is 3. The highest BCUT2D eigenvalue weighted by molar-refractivity contribution is 5.94. The van der Waals surface area contributed by atoms with E-state index in [2.05, 4.69) is 24.1 Å². The van der Waals surface area contributed by atoms with Gasteiger partial charge in [-0.05, 0) is 49.1 Å². The second kappa shape index (κ2) is 8.68. The summed E-state index contributed by atoms with van der Waals surface area (Å²) >= 11 is 0. The first kappa shape index (κ1) is 19.5. The van der Waals surface area contributed by atoms with Gasteiger partial charge in [-0.2, -0.15) is 0 Å². The van der Waals surface area contributed by atoms with Crippen LogP contribution in [0, 0.1) is 0 Å². The predicted molar refractivity (Wildman–Crippen MR) is 115 cm³/mol. The van der Waals surface area contributed by atoms with Gasteiger partial charge in [-0.3, -0.25) is 9.59 Å². The molecule has 2 heterocycles. The van der Waals surface area contributed by atoms with Crippen molar-refractivity contribution in [3.05, 3.63) is 65.7 Å². The van der Waals surface area contributed by atoms with Gasteiger partial charge in [0.25, 0.3) is 5.91 Å².